The molecule has 2 aromatic carbocycles. The number of benzene rings is 2. The Labute approximate surface area is 191 Å². The van der Waals surface area contributed by atoms with Crippen molar-refractivity contribution in [3.63, 3.8) is 0 Å². The average Bonchev–Trinajstić information content (AvgIpc) is 3.43. The number of para-hydroxylation sites is 1. The Kier molecular flexibility index (Phi) is 6.36. The van der Waals surface area contributed by atoms with Crippen LogP contribution in [0.25, 0.3) is 17.3 Å². The molecule has 0 unspecified atom stereocenters. The summed E-state index contributed by atoms with van der Waals surface area (Å²) in [6.45, 7) is 0.127. The summed E-state index contributed by atoms with van der Waals surface area (Å²) in [5.74, 6) is -0.0353. The Morgan fingerprint density at radius 1 is 1.12 bits per heavy atom. The normalized spacial score (nSPS) is 12.3. The van der Waals surface area contributed by atoms with E-state index in [-0.39, 0.29) is 22.3 Å². The van der Waals surface area contributed by atoms with E-state index < -0.39 is 5.91 Å². The highest BCUT2D eigenvalue weighted by atomic mass is 35.5. The fourth-order valence-corrected chi connectivity index (χ4v) is 4.26. The van der Waals surface area contributed by atoms with Crippen LogP contribution in [-0.4, -0.2) is 10.5 Å². The van der Waals surface area contributed by atoms with Crippen molar-refractivity contribution in [2.75, 3.05) is 0 Å². The lowest BCUT2D eigenvalue weighted by atomic mass is 10.2. The van der Waals surface area contributed by atoms with Crippen molar-refractivity contribution in [1.29, 1.82) is 5.26 Å². The van der Waals surface area contributed by atoms with Gasteiger partial charge in [0, 0.05) is 5.02 Å². The monoisotopic (exact) mass is 461 g/mol. The number of furan rings is 1. The van der Waals surface area contributed by atoms with Gasteiger partial charge in [0.1, 0.15) is 16.5 Å². The summed E-state index contributed by atoms with van der Waals surface area (Å²) >= 11 is 7.03. The smallest absolute Gasteiger partial charge is 0.273 e. The number of nitrogens with zero attached hydrogens (tertiary/aromatic N) is 2. The van der Waals surface area contributed by atoms with Crippen LogP contribution < -0.4 is 20.1 Å². The summed E-state index contributed by atoms with van der Waals surface area (Å²) in [5.41, 5.74) is 0.863. The molecule has 0 aliphatic rings. The van der Waals surface area contributed by atoms with Crippen LogP contribution in [0.15, 0.2) is 82.2 Å². The third kappa shape index (κ3) is 4.57. The molecule has 1 amide bonds. The molecule has 2 heterocycles. The molecule has 0 saturated heterocycles. The quantitative estimate of drug-likeness (QED) is 0.495. The molecule has 0 bridgehead atoms. The van der Waals surface area contributed by atoms with E-state index in [1.165, 1.54) is 10.8 Å². The number of nitriles is 1. The van der Waals surface area contributed by atoms with Crippen LogP contribution in [0.4, 0.5) is 0 Å². The highest BCUT2D eigenvalue weighted by Gasteiger charge is 2.17. The van der Waals surface area contributed by atoms with Gasteiger partial charge in [-0.3, -0.25) is 14.2 Å². The van der Waals surface area contributed by atoms with Gasteiger partial charge in [0.25, 0.3) is 11.5 Å². The van der Waals surface area contributed by atoms with Gasteiger partial charge in [0.05, 0.1) is 23.0 Å². The maximum atomic E-state index is 13.3. The van der Waals surface area contributed by atoms with Crippen molar-refractivity contribution >= 4 is 40.5 Å². The minimum Gasteiger partial charge on any atom is -0.467 e. The third-order valence-corrected chi connectivity index (χ3v) is 5.91. The van der Waals surface area contributed by atoms with Crippen LogP contribution in [0.5, 0.6) is 0 Å². The Hall–Kier alpha value is -3.86. The summed E-state index contributed by atoms with van der Waals surface area (Å²) in [6, 6.07) is 21.3. The fraction of sp³-hybridized carbons (Fsp3) is 0.0417. The largest absolute Gasteiger partial charge is 0.467 e. The number of halogens is 1. The molecule has 0 aliphatic heterocycles. The minimum absolute atomic E-state index is 0.127. The average molecular weight is 462 g/mol. The van der Waals surface area contributed by atoms with Crippen molar-refractivity contribution in [1.82, 2.24) is 9.88 Å². The number of carbonyl (C=O) groups is 1. The van der Waals surface area contributed by atoms with Gasteiger partial charge in [-0.15, -0.1) is 11.3 Å². The Morgan fingerprint density at radius 2 is 1.88 bits per heavy atom. The first-order valence-corrected chi connectivity index (χ1v) is 10.8. The number of hydrogen-bond acceptors (Lipinski definition) is 5. The first kappa shape index (κ1) is 21.4. The highest BCUT2D eigenvalue weighted by molar-refractivity contribution is 7.07. The number of carbonyl (C=O) groups excluding carboxylic acids is 1. The van der Waals surface area contributed by atoms with Gasteiger partial charge in [-0.25, -0.2) is 0 Å². The molecule has 4 rings (SSSR count). The second kappa shape index (κ2) is 9.52. The fourth-order valence-electron chi connectivity index (χ4n) is 3.04. The maximum Gasteiger partial charge on any atom is 0.273 e. The van der Waals surface area contributed by atoms with Crippen molar-refractivity contribution in [2.24, 2.45) is 0 Å². The van der Waals surface area contributed by atoms with Gasteiger partial charge in [0.15, 0.2) is 5.57 Å². The predicted octanol–water partition coefficient (Wildman–Crippen LogP) is 2.96. The lowest BCUT2D eigenvalue weighted by Crippen LogP contribution is -2.33. The van der Waals surface area contributed by atoms with Crippen LogP contribution in [0, 0.1) is 11.3 Å². The molecule has 0 spiro atoms. The summed E-state index contributed by atoms with van der Waals surface area (Å²) in [7, 11) is 0. The molecule has 0 aliphatic carbocycles. The Morgan fingerprint density at radius 3 is 2.53 bits per heavy atom. The Bertz CT molecular complexity index is 1460. The number of amides is 1. The molecule has 0 radical (unpaired) electrons. The van der Waals surface area contributed by atoms with Crippen LogP contribution in [0.1, 0.15) is 11.3 Å². The topological polar surface area (TPSA) is 88.0 Å². The molecule has 8 heteroatoms. The van der Waals surface area contributed by atoms with E-state index in [4.69, 9.17) is 16.0 Å². The van der Waals surface area contributed by atoms with Gasteiger partial charge in [-0.05, 0) is 48.0 Å². The summed E-state index contributed by atoms with van der Waals surface area (Å²) in [5, 5.41) is 13.1. The van der Waals surface area contributed by atoms with Crippen LogP contribution >= 0.6 is 22.9 Å². The Balaban J connectivity index is 1.89. The number of hydrogen-bond donors (Lipinski definition) is 1. The van der Waals surface area contributed by atoms with Crippen molar-refractivity contribution in [3.8, 4) is 11.8 Å². The lowest BCUT2D eigenvalue weighted by molar-refractivity contribution is -0.115. The van der Waals surface area contributed by atoms with Crippen LogP contribution in [0.3, 0.4) is 0 Å². The second-order valence-corrected chi connectivity index (χ2v) is 8.16. The highest BCUT2D eigenvalue weighted by Crippen LogP contribution is 2.10. The maximum absolute atomic E-state index is 13.3. The first-order valence-electron chi connectivity index (χ1n) is 9.56. The zero-order valence-corrected chi connectivity index (χ0v) is 18.2. The van der Waals surface area contributed by atoms with Gasteiger partial charge in [-0.2, -0.15) is 5.26 Å². The van der Waals surface area contributed by atoms with Gasteiger partial charge >= 0.3 is 0 Å². The molecular weight excluding hydrogens is 446 g/mol. The lowest BCUT2D eigenvalue weighted by Gasteiger charge is -2.04. The number of rotatable bonds is 5. The molecular formula is C24H16ClN3O3S. The molecule has 158 valence electrons. The van der Waals surface area contributed by atoms with Crippen LogP contribution in [-0.2, 0) is 11.3 Å². The molecule has 32 heavy (non-hydrogen) atoms. The third-order valence-electron chi connectivity index (χ3n) is 4.56. The van der Waals surface area contributed by atoms with E-state index >= 15 is 0 Å². The van der Waals surface area contributed by atoms with E-state index in [1.54, 1.807) is 66.7 Å². The number of thiazole rings is 1. The predicted molar refractivity (Wildman–Crippen MR) is 124 cm³/mol. The molecule has 4 aromatic rings. The van der Waals surface area contributed by atoms with E-state index in [0.717, 1.165) is 16.9 Å². The van der Waals surface area contributed by atoms with Gasteiger partial charge < -0.3 is 9.73 Å². The summed E-state index contributed by atoms with van der Waals surface area (Å²) in [4.78, 5) is 26.1. The molecule has 6 nitrogen and oxygen atoms in total. The van der Waals surface area contributed by atoms with Crippen molar-refractivity contribution < 1.29 is 9.21 Å². The van der Waals surface area contributed by atoms with E-state index in [1.807, 2.05) is 12.1 Å². The zero-order valence-electron chi connectivity index (χ0n) is 16.6. The molecule has 1 N–H and O–H groups in total. The number of nitrogens with one attached hydrogen (secondary N) is 1. The van der Waals surface area contributed by atoms with E-state index in [0.29, 0.717) is 21.0 Å². The van der Waals surface area contributed by atoms with E-state index in [2.05, 4.69) is 5.32 Å². The summed E-state index contributed by atoms with van der Waals surface area (Å²) in [6.07, 6.45) is 3.21. The standard InChI is InChI=1S/C24H16ClN3O3S/c25-17-10-8-16(9-11-17)13-21-23(30)28(18-5-2-1-3-6-18)24(32-21)20(14-26)22(29)27-15-19-7-4-12-31-19/h1-13H,15H2,(H,27,29). The molecule has 0 atom stereocenters. The van der Waals surface area contributed by atoms with E-state index in [9.17, 15) is 14.9 Å². The summed E-state index contributed by atoms with van der Waals surface area (Å²) < 4.78 is 7.24. The van der Waals surface area contributed by atoms with Crippen LogP contribution in [0.2, 0.25) is 5.02 Å². The first-order chi connectivity index (χ1) is 15.6. The van der Waals surface area contributed by atoms with Gasteiger partial charge in [-0.1, -0.05) is 41.9 Å². The molecule has 2 aromatic heterocycles. The second-order valence-electron chi connectivity index (χ2n) is 6.69. The SMILES string of the molecule is N#CC(C(=O)NCc1ccco1)=c1sc(=Cc2ccc(Cl)cc2)c(=O)n1-c1ccccc1. The molecule has 0 fully saturated rings. The number of aromatic nitrogens is 1. The van der Waals surface area contributed by atoms with Crippen molar-refractivity contribution in [3.05, 3.63) is 109 Å². The van der Waals surface area contributed by atoms with Gasteiger partial charge in [0.2, 0.25) is 0 Å². The minimum atomic E-state index is -0.590. The molecule has 0 saturated carbocycles. The van der Waals surface area contributed by atoms with Crippen molar-refractivity contribution in [2.45, 2.75) is 6.54 Å². The zero-order chi connectivity index (χ0) is 22.5.